The molecule has 108 valence electrons. The van der Waals surface area contributed by atoms with Crippen molar-refractivity contribution < 1.29 is 4.79 Å². The van der Waals surface area contributed by atoms with Crippen molar-refractivity contribution in [1.82, 2.24) is 15.1 Å². The van der Waals surface area contributed by atoms with Crippen molar-refractivity contribution >= 4 is 5.91 Å². The molecule has 0 aromatic heterocycles. The largest absolute Gasteiger partial charge is 0.340 e. The summed E-state index contributed by atoms with van der Waals surface area (Å²) in [6, 6.07) is 6.63. The van der Waals surface area contributed by atoms with Crippen molar-refractivity contribution in [3.63, 3.8) is 0 Å². The third kappa shape index (κ3) is 3.02. The Morgan fingerprint density at radius 1 is 1.15 bits per heavy atom. The van der Waals surface area contributed by atoms with E-state index in [1.807, 2.05) is 4.90 Å². The van der Waals surface area contributed by atoms with Crippen LogP contribution in [0.15, 0.2) is 18.2 Å². The van der Waals surface area contributed by atoms with E-state index in [0.717, 1.165) is 45.7 Å². The van der Waals surface area contributed by atoms with Gasteiger partial charge in [0.2, 0.25) is 5.91 Å². The number of nitrogens with one attached hydrogen (secondary N) is 1. The van der Waals surface area contributed by atoms with Gasteiger partial charge in [-0.25, -0.2) is 0 Å². The minimum Gasteiger partial charge on any atom is -0.340 e. The number of hydrogen-bond donors (Lipinski definition) is 1. The highest BCUT2D eigenvalue weighted by Gasteiger charge is 2.18. The highest BCUT2D eigenvalue weighted by atomic mass is 16.2. The molecule has 2 aliphatic heterocycles. The van der Waals surface area contributed by atoms with E-state index in [0.29, 0.717) is 12.3 Å². The molecule has 2 heterocycles. The van der Waals surface area contributed by atoms with Crippen LogP contribution < -0.4 is 5.32 Å². The summed E-state index contributed by atoms with van der Waals surface area (Å²) in [5.74, 6) is 0.303. The second-order valence-electron chi connectivity index (χ2n) is 5.89. The second-order valence-corrected chi connectivity index (χ2v) is 5.89. The van der Waals surface area contributed by atoms with E-state index in [1.54, 1.807) is 0 Å². The maximum absolute atomic E-state index is 12.2. The first kappa shape index (κ1) is 13.6. The molecular weight excluding hydrogens is 250 g/mol. The number of nitrogens with zero attached hydrogens (tertiary/aromatic N) is 2. The molecule has 1 fully saturated rings. The van der Waals surface area contributed by atoms with Gasteiger partial charge in [-0.3, -0.25) is 4.79 Å². The number of hydrogen-bond acceptors (Lipinski definition) is 3. The summed E-state index contributed by atoms with van der Waals surface area (Å²) in [6.07, 6.45) is 1.49. The van der Waals surface area contributed by atoms with Crippen molar-refractivity contribution in [3.8, 4) is 0 Å². The van der Waals surface area contributed by atoms with Crippen molar-refractivity contribution in [2.75, 3.05) is 33.2 Å². The van der Waals surface area contributed by atoms with Gasteiger partial charge in [-0.15, -0.1) is 0 Å². The molecule has 1 aromatic carbocycles. The quantitative estimate of drug-likeness (QED) is 0.892. The van der Waals surface area contributed by atoms with Crippen molar-refractivity contribution in [2.45, 2.75) is 25.9 Å². The fourth-order valence-electron chi connectivity index (χ4n) is 2.97. The fraction of sp³-hybridized carbons (Fsp3) is 0.562. The SMILES string of the molecule is CN1CCN(C(=O)CCc2ccc3c(c2)CNC3)CC1. The summed E-state index contributed by atoms with van der Waals surface area (Å²) in [5, 5.41) is 3.36. The fourth-order valence-corrected chi connectivity index (χ4v) is 2.97. The third-order valence-electron chi connectivity index (χ3n) is 4.39. The Morgan fingerprint density at radius 2 is 1.90 bits per heavy atom. The molecule has 1 saturated heterocycles. The van der Waals surface area contributed by atoms with E-state index < -0.39 is 0 Å². The molecule has 4 heteroatoms. The average molecular weight is 273 g/mol. The summed E-state index contributed by atoms with van der Waals surface area (Å²) < 4.78 is 0. The van der Waals surface area contributed by atoms with Gasteiger partial charge in [0.25, 0.3) is 0 Å². The Balaban J connectivity index is 1.53. The van der Waals surface area contributed by atoms with E-state index in [2.05, 4.69) is 35.5 Å². The van der Waals surface area contributed by atoms with Crippen LogP contribution >= 0.6 is 0 Å². The lowest BCUT2D eigenvalue weighted by atomic mass is 10.0. The summed E-state index contributed by atoms with van der Waals surface area (Å²) in [7, 11) is 2.11. The summed E-state index contributed by atoms with van der Waals surface area (Å²) in [5.41, 5.74) is 4.09. The molecule has 2 aliphatic rings. The monoisotopic (exact) mass is 273 g/mol. The van der Waals surface area contributed by atoms with E-state index >= 15 is 0 Å². The first-order valence-electron chi connectivity index (χ1n) is 7.50. The van der Waals surface area contributed by atoms with E-state index in [-0.39, 0.29) is 0 Å². The Morgan fingerprint density at radius 3 is 2.70 bits per heavy atom. The molecule has 0 bridgehead atoms. The van der Waals surface area contributed by atoms with E-state index in [4.69, 9.17) is 0 Å². The maximum atomic E-state index is 12.2. The molecule has 0 aliphatic carbocycles. The first-order valence-corrected chi connectivity index (χ1v) is 7.50. The number of aryl methyl sites for hydroxylation is 1. The van der Waals surface area contributed by atoms with Crippen LogP contribution in [0.5, 0.6) is 0 Å². The number of amides is 1. The topological polar surface area (TPSA) is 35.6 Å². The van der Waals surface area contributed by atoms with Crippen LogP contribution in [0.1, 0.15) is 23.1 Å². The summed E-state index contributed by atoms with van der Waals surface area (Å²) in [6.45, 7) is 5.70. The molecule has 1 amide bonds. The molecule has 20 heavy (non-hydrogen) atoms. The molecule has 0 spiro atoms. The third-order valence-corrected chi connectivity index (χ3v) is 4.39. The maximum Gasteiger partial charge on any atom is 0.222 e. The zero-order valence-electron chi connectivity index (χ0n) is 12.2. The highest BCUT2D eigenvalue weighted by Crippen LogP contribution is 2.18. The van der Waals surface area contributed by atoms with Crippen LogP contribution in [-0.2, 0) is 24.3 Å². The van der Waals surface area contributed by atoms with Crippen molar-refractivity contribution in [2.24, 2.45) is 0 Å². The van der Waals surface area contributed by atoms with Gasteiger partial charge in [0, 0.05) is 45.7 Å². The molecule has 3 rings (SSSR count). The predicted octanol–water partition coefficient (Wildman–Crippen LogP) is 0.996. The molecule has 1 aromatic rings. The molecule has 0 unspecified atom stereocenters. The summed E-state index contributed by atoms with van der Waals surface area (Å²) >= 11 is 0. The predicted molar refractivity (Wildman–Crippen MR) is 79.4 cm³/mol. The smallest absolute Gasteiger partial charge is 0.222 e. The Bertz CT molecular complexity index is 492. The van der Waals surface area contributed by atoms with Crippen LogP contribution in [0.3, 0.4) is 0 Å². The minimum atomic E-state index is 0.303. The van der Waals surface area contributed by atoms with Crippen LogP contribution in [-0.4, -0.2) is 48.9 Å². The average Bonchev–Trinajstić information content (AvgIpc) is 2.93. The van der Waals surface area contributed by atoms with Gasteiger partial charge < -0.3 is 15.1 Å². The van der Waals surface area contributed by atoms with Gasteiger partial charge in [-0.2, -0.15) is 0 Å². The standard InChI is InChI=1S/C16H23N3O/c1-18-6-8-19(9-7-18)16(20)5-3-13-2-4-14-11-17-12-15(14)10-13/h2,4,10,17H,3,5-9,11-12H2,1H3. The number of likely N-dealkylation sites (N-methyl/N-ethyl adjacent to an activating group) is 1. The van der Waals surface area contributed by atoms with Gasteiger partial charge in [-0.1, -0.05) is 18.2 Å². The zero-order valence-corrected chi connectivity index (χ0v) is 12.2. The van der Waals surface area contributed by atoms with E-state index in [1.165, 1.54) is 16.7 Å². The molecule has 0 atom stereocenters. The number of carbonyl (C=O) groups is 1. The zero-order chi connectivity index (χ0) is 13.9. The summed E-state index contributed by atoms with van der Waals surface area (Å²) in [4.78, 5) is 16.5. The number of fused-ring (bicyclic) bond motifs is 1. The van der Waals surface area contributed by atoms with Gasteiger partial charge in [0.1, 0.15) is 0 Å². The normalized spacial score (nSPS) is 19.1. The Hall–Kier alpha value is -1.39. The molecular formula is C16H23N3O. The van der Waals surface area contributed by atoms with Crippen LogP contribution in [0.4, 0.5) is 0 Å². The first-order chi connectivity index (χ1) is 9.72. The van der Waals surface area contributed by atoms with Crippen LogP contribution in [0.2, 0.25) is 0 Å². The minimum absolute atomic E-state index is 0.303. The Labute approximate surface area is 120 Å². The van der Waals surface area contributed by atoms with Gasteiger partial charge in [-0.05, 0) is 30.2 Å². The van der Waals surface area contributed by atoms with Crippen molar-refractivity contribution in [3.05, 3.63) is 34.9 Å². The van der Waals surface area contributed by atoms with Gasteiger partial charge in [0.15, 0.2) is 0 Å². The van der Waals surface area contributed by atoms with E-state index in [9.17, 15) is 4.79 Å². The molecule has 0 radical (unpaired) electrons. The molecule has 1 N–H and O–H groups in total. The van der Waals surface area contributed by atoms with Gasteiger partial charge >= 0.3 is 0 Å². The number of piperazine rings is 1. The Kier molecular flexibility index (Phi) is 4.03. The highest BCUT2D eigenvalue weighted by molar-refractivity contribution is 5.76. The number of benzene rings is 1. The van der Waals surface area contributed by atoms with Crippen LogP contribution in [0.25, 0.3) is 0 Å². The molecule has 0 saturated carbocycles. The molecule has 4 nitrogen and oxygen atoms in total. The number of carbonyl (C=O) groups excluding carboxylic acids is 1. The van der Waals surface area contributed by atoms with Gasteiger partial charge in [0.05, 0.1) is 0 Å². The lowest BCUT2D eigenvalue weighted by molar-refractivity contribution is -0.132. The lowest BCUT2D eigenvalue weighted by Gasteiger charge is -2.32. The van der Waals surface area contributed by atoms with Crippen molar-refractivity contribution in [1.29, 1.82) is 0 Å². The number of rotatable bonds is 3. The second kappa shape index (κ2) is 5.94. The lowest BCUT2D eigenvalue weighted by Crippen LogP contribution is -2.47. The van der Waals surface area contributed by atoms with Crippen LogP contribution in [0, 0.1) is 0 Å².